The molecule has 0 saturated heterocycles. The van der Waals surface area contributed by atoms with Crippen LogP contribution < -0.4 is 15.5 Å². The summed E-state index contributed by atoms with van der Waals surface area (Å²) in [5.41, 5.74) is 11.3. The highest BCUT2D eigenvalue weighted by Gasteiger charge is 2.15. The maximum absolute atomic E-state index is 5.84. The van der Waals surface area contributed by atoms with Crippen LogP contribution in [-0.2, 0) is 6.54 Å². The van der Waals surface area contributed by atoms with E-state index < -0.39 is 0 Å². The van der Waals surface area contributed by atoms with Gasteiger partial charge in [-0.2, -0.15) is 0 Å². The summed E-state index contributed by atoms with van der Waals surface area (Å²) in [5, 5.41) is 1.17. The van der Waals surface area contributed by atoms with Crippen molar-refractivity contribution >= 4 is 22.3 Å². The Morgan fingerprint density at radius 3 is 2.32 bits per heavy atom. The van der Waals surface area contributed by atoms with Gasteiger partial charge in [0.25, 0.3) is 0 Å². The average Bonchev–Trinajstić information content (AvgIpc) is 2.36. The minimum atomic E-state index is 0.463. The zero-order valence-corrected chi connectivity index (χ0v) is 12.4. The fraction of sp³-hybridized carbons (Fsp3) is 0.400. The Morgan fingerprint density at radius 1 is 1.11 bits per heavy atom. The van der Waals surface area contributed by atoms with Crippen molar-refractivity contribution in [1.29, 1.82) is 0 Å². The fourth-order valence-electron chi connectivity index (χ4n) is 2.53. The van der Waals surface area contributed by atoms with Gasteiger partial charge < -0.3 is 15.5 Å². The Balaban J connectivity index is 2.91. The van der Waals surface area contributed by atoms with Crippen molar-refractivity contribution in [1.82, 2.24) is 4.98 Å². The summed E-state index contributed by atoms with van der Waals surface area (Å²) in [4.78, 5) is 8.99. The van der Waals surface area contributed by atoms with Crippen LogP contribution in [0.25, 0.3) is 10.9 Å². The SMILES string of the molecule is Cc1c(CN)nc2c(N(C)C)cccc2c1N(C)C. The van der Waals surface area contributed by atoms with Gasteiger partial charge in [-0.25, -0.2) is 4.98 Å². The van der Waals surface area contributed by atoms with E-state index in [-0.39, 0.29) is 0 Å². The maximum Gasteiger partial charge on any atom is 0.0960 e. The molecule has 4 nitrogen and oxygen atoms in total. The molecule has 1 aromatic heterocycles. The van der Waals surface area contributed by atoms with Gasteiger partial charge in [-0.3, -0.25) is 0 Å². The lowest BCUT2D eigenvalue weighted by Gasteiger charge is -2.23. The quantitative estimate of drug-likeness (QED) is 0.916. The number of nitrogens with zero attached hydrogens (tertiary/aromatic N) is 3. The van der Waals surface area contributed by atoms with Crippen LogP contribution >= 0.6 is 0 Å². The third-order valence-electron chi connectivity index (χ3n) is 3.43. The highest BCUT2D eigenvalue weighted by molar-refractivity contribution is 6.00. The Bertz CT molecular complexity index is 603. The van der Waals surface area contributed by atoms with E-state index in [9.17, 15) is 0 Å². The van der Waals surface area contributed by atoms with Crippen molar-refractivity contribution in [3.63, 3.8) is 0 Å². The Hall–Kier alpha value is -1.81. The summed E-state index contributed by atoms with van der Waals surface area (Å²) in [6.07, 6.45) is 0. The summed E-state index contributed by atoms with van der Waals surface area (Å²) in [7, 11) is 8.19. The molecular weight excluding hydrogens is 236 g/mol. The number of aromatic nitrogens is 1. The van der Waals surface area contributed by atoms with E-state index in [0.29, 0.717) is 6.54 Å². The molecule has 0 saturated carbocycles. The first-order valence-electron chi connectivity index (χ1n) is 6.44. The molecule has 0 spiro atoms. The molecule has 0 atom stereocenters. The van der Waals surface area contributed by atoms with Crippen LogP contribution in [-0.4, -0.2) is 33.2 Å². The van der Waals surface area contributed by atoms with Gasteiger partial charge in [0.05, 0.1) is 22.6 Å². The number of fused-ring (bicyclic) bond motifs is 1. The molecule has 0 fully saturated rings. The molecule has 0 aliphatic carbocycles. The van der Waals surface area contributed by atoms with E-state index in [1.165, 1.54) is 11.1 Å². The second-order valence-corrected chi connectivity index (χ2v) is 5.20. The van der Waals surface area contributed by atoms with E-state index >= 15 is 0 Å². The maximum atomic E-state index is 5.84. The van der Waals surface area contributed by atoms with Gasteiger partial charge in [-0.1, -0.05) is 12.1 Å². The minimum Gasteiger partial charge on any atom is -0.377 e. The highest BCUT2D eigenvalue weighted by Crippen LogP contribution is 2.34. The molecule has 2 aromatic rings. The van der Waals surface area contributed by atoms with Crippen molar-refractivity contribution in [3.8, 4) is 0 Å². The first kappa shape index (κ1) is 13.6. The lowest BCUT2D eigenvalue weighted by Crippen LogP contribution is -2.16. The highest BCUT2D eigenvalue weighted by atomic mass is 15.1. The van der Waals surface area contributed by atoms with Crippen LogP contribution in [0, 0.1) is 6.92 Å². The molecule has 19 heavy (non-hydrogen) atoms. The number of para-hydroxylation sites is 1. The molecule has 0 amide bonds. The third kappa shape index (κ3) is 2.24. The lowest BCUT2D eigenvalue weighted by molar-refractivity contribution is 0.972. The third-order valence-corrected chi connectivity index (χ3v) is 3.43. The van der Waals surface area contributed by atoms with Gasteiger partial charge in [0, 0.05) is 40.1 Å². The zero-order valence-electron chi connectivity index (χ0n) is 12.4. The molecule has 0 aliphatic heterocycles. The van der Waals surface area contributed by atoms with Gasteiger partial charge in [0.1, 0.15) is 0 Å². The molecule has 2 N–H and O–H groups in total. The monoisotopic (exact) mass is 258 g/mol. The van der Waals surface area contributed by atoms with Crippen molar-refractivity contribution in [3.05, 3.63) is 29.5 Å². The van der Waals surface area contributed by atoms with Crippen molar-refractivity contribution in [2.24, 2.45) is 5.73 Å². The minimum absolute atomic E-state index is 0.463. The van der Waals surface area contributed by atoms with E-state index in [1.807, 2.05) is 14.1 Å². The predicted molar refractivity (Wildman–Crippen MR) is 83.0 cm³/mol. The van der Waals surface area contributed by atoms with E-state index in [1.54, 1.807) is 0 Å². The number of hydrogen-bond acceptors (Lipinski definition) is 4. The van der Waals surface area contributed by atoms with Gasteiger partial charge in [0.2, 0.25) is 0 Å². The summed E-state index contributed by atoms with van der Waals surface area (Å²) >= 11 is 0. The van der Waals surface area contributed by atoms with Crippen LogP contribution in [0.3, 0.4) is 0 Å². The Morgan fingerprint density at radius 2 is 1.79 bits per heavy atom. The average molecular weight is 258 g/mol. The Labute approximate surface area is 114 Å². The van der Waals surface area contributed by atoms with Crippen molar-refractivity contribution in [2.45, 2.75) is 13.5 Å². The van der Waals surface area contributed by atoms with Gasteiger partial charge >= 0.3 is 0 Å². The largest absolute Gasteiger partial charge is 0.377 e. The summed E-state index contributed by atoms with van der Waals surface area (Å²) < 4.78 is 0. The second kappa shape index (κ2) is 5.05. The van der Waals surface area contributed by atoms with Gasteiger partial charge in [0.15, 0.2) is 0 Å². The second-order valence-electron chi connectivity index (χ2n) is 5.20. The van der Waals surface area contributed by atoms with Crippen LogP contribution in [0.1, 0.15) is 11.3 Å². The number of benzene rings is 1. The number of pyridine rings is 1. The van der Waals surface area contributed by atoms with Crippen molar-refractivity contribution in [2.75, 3.05) is 38.0 Å². The topological polar surface area (TPSA) is 45.4 Å². The van der Waals surface area contributed by atoms with E-state index in [0.717, 1.165) is 22.5 Å². The van der Waals surface area contributed by atoms with Crippen LogP contribution in [0.15, 0.2) is 18.2 Å². The summed E-state index contributed by atoms with van der Waals surface area (Å²) in [6, 6.07) is 6.29. The molecule has 0 unspecified atom stereocenters. The molecule has 1 aromatic carbocycles. The summed E-state index contributed by atoms with van der Waals surface area (Å²) in [6.45, 7) is 2.55. The van der Waals surface area contributed by atoms with Gasteiger partial charge in [-0.05, 0) is 18.6 Å². The molecule has 2 rings (SSSR count). The number of rotatable bonds is 3. The van der Waals surface area contributed by atoms with E-state index in [4.69, 9.17) is 10.7 Å². The molecule has 0 radical (unpaired) electrons. The van der Waals surface area contributed by atoms with Gasteiger partial charge in [-0.15, -0.1) is 0 Å². The van der Waals surface area contributed by atoms with Crippen molar-refractivity contribution < 1.29 is 0 Å². The summed E-state index contributed by atoms with van der Waals surface area (Å²) in [5.74, 6) is 0. The lowest BCUT2D eigenvalue weighted by atomic mass is 10.0. The first-order chi connectivity index (χ1) is 8.97. The molecule has 0 bridgehead atoms. The van der Waals surface area contributed by atoms with E-state index in [2.05, 4.69) is 49.0 Å². The molecular formula is C15H22N4. The molecule has 0 aliphatic rings. The molecule has 1 heterocycles. The zero-order chi connectivity index (χ0) is 14.2. The normalized spacial score (nSPS) is 10.8. The van der Waals surface area contributed by atoms with Crippen LogP contribution in [0.4, 0.5) is 11.4 Å². The van der Waals surface area contributed by atoms with Crippen LogP contribution in [0.5, 0.6) is 0 Å². The first-order valence-corrected chi connectivity index (χ1v) is 6.44. The molecule has 102 valence electrons. The number of hydrogen-bond donors (Lipinski definition) is 1. The number of nitrogens with two attached hydrogens (primary N) is 1. The van der Waals surface area contributed by atoms with Crippen LogP contribution in [0.2, 0.25) is 0 Å². The predicted octanol–water partition coefficient (Wildman–Crippen LogP) is 2.13. The standard InChI is InChI=1S/C15H22N4/c1-10-12(9-16)17-14-11(15(10)19(4)5)7-6-8-13(14)18(2)3/h6-8H,9,16H2,1-5H3. The molecule has 4 heteroatoms. The smallest absolute Gasteiger partial charge is 0.0960 e. The number of anilines is 2. The fourth-order valence-corrected chi connectivity index (χ4v) is 2.53. The Kier molecular flexibility index (Phi) is 3.62.